The summed E-state index contributed by atoms with van der Waals surface area (Å²) in [5.74, 6) is 0. The molecule has 0 amide bonds. The van der Waals surface area contributed by atoms with Gasteiger partial charge in [-0.25, -0.2) is 0 Å². The molecule has 0 bridgehead atoms. The molecule has 1 nitrogen and oxygen atoms in total. The summed E-state index contributed by atoms with van der Waals surface area (Å²) in [5, 5.41) is 2.17. The van der Waals surface area contributed by atoms with Crippen molar-refractivity contribution in [1.82, 2.24) is 0 Å². The maximum Gasteiger partial charge on any atom is 0.136 e. The van der Waals surface area contributed by atoms with E-state index in [1.54, 1.807) is 0 Å². The second-order valence-electron chi connectivity index (χ2n) is 3.60. The smallest absolute Gasteiger partial charge is 0.136 e. The minimum atomic E-state index is 0.869. The van der Waals surface area contributed by atoms with Crippen LogP contribution in [0, 0.1) is 0 Å². The first kappa shape index (κ1) is 12.2. The summed E-state index contributed by atoms with van der Waals surface area (Å²) in [5.41, 5.74) is 1.74. The van der Waals surface area contributed by atoms with Crippen molar-refractivity contribution in [3.05, 3.63) is 42.2 Å². The molecule has 0 fully saturated rings. The van der Waals surface area contributed by atoms with Gasteiger partial charge >= 0.3 is 0 Å². The van der Waals surface area contributed by atoms with Gasteiger partial charge in [-0.15, -0.1) is 0 Å². The van der Waals surface area contributed by atoms with Crippen LogP contribution in [0.5, 0.6) is 0 Å². The largest absolute Gasteiger partial charge is 0.456 e. The Bertz CT molecular complexity index is 745. The summed E-state index contributed by atoms with van der Waals surface area (Å²) in [6.07, 6.45) is 0. The molecule has 86 valence electrons. The molecular formula is C12H4Br4O. The summed E-state index contributed by atoms with van der Waals surface area (Å²) < 4.78 is 9.86. The minimum Gasteiger partial charge on any atom is -0.456 e. The first-order valence-electron chi connectivity index (χ1n) is 4.73. The van der Waals surface area contributed by atoms with Crippen LogP contribution in [0.2, 0.25) is 0 Å². The van der Waals surface area contributed by atoms with Gasteiger partial charge in [0.25, 0.3) is 0 Å². The Kier molecular flexibility index (Phi) is 3.14. The fourth-order valence-electron chi connectivity index (χ4n) is 1.80. The van der Waals surface area contributed by atoms with Crippen molar-refractivity contribution in [3.8, 4) is 0 Å². The predicted octanol–water partition coefficient (Wildman–Crippen LogP) is 6.64. The molecule has 1 heterocycles. The van der Waals surface area contributed by atoms with Gasteiger partial charge in [0, 0.05) is 28.7 Å². The number of hydrogen-bond acceptors (Lipinski definition) is 1. The number of rotatable bonds is 0. The van der Waals surface area contributed by atoms with E-state index in [1.807, 2.05) is 18.2 Å². The Morgan fingerprint density at radius 2 is 1.47 bits per heavy atom. The van der Waals surface area contributed by atoms with Crippen LogP contribution in [0.4, 0.5) is 0 Å². The third-order valence-electron chi connectivity index (χ3n) is 2.57. The van der Waals surface area contributed by atoms with Gasteiger partial charge in [-0.2, -0.15) is 0 Å². The second-order valence-corrected chi connectivity index (χ2v) is 6.96. The first-order valence-corrected chi connectivity index (χ1v) is 7.90. The summed E-state index contributed by atoms with van der Waals surface area (Å²) in [6, 6.07) is 7.97. The molecule has 0 saturated carbocycles. The van der Waals surface area contributed by atoms with E-state index in [2.05, 4.69) is 69.8 Å². The lowest BCUT2D eigenvalue weighted by Gasteiger charge is -1.98. The van der Waals surface area contributed by atoms with Crippen LogP contribution >= 0.6 is 63.7 Å². The van der Waals surface area contributed by atoms with Gasteiger partial charge in [0.2, 0.25) is 0 Å². The number of fused-ring (bicyclic) bond motifs is 3. The van der Waals surface area contributed by atoms with Crippen molar-refractivity contribution in [3.63, 3.8) is 0 Å². The zero-order valence-corrected chi connectivity index (χ0v) is 14.6. The van der Waals surface area contributed by atoms with E-state index in [0.29, 0.717) is 0 Å². The lowest BCUT2D eigenvalue weighted by atomic mass is 10.1. The van der Waals surface area contributed by atoms with Crippen molar-refractivity contribution in [1.29, 1.82) is 0 Å². The molecule has 0 N–H and O–H groups in total. The fraction of sp³-hybridized carbons (Fsp3) is 0. The van der Waals surface area contributed by atoms with Crippen LogP contribution in [-0.2, 0) is 0 Å². The molecule has 1 aromatic heterocycles. The van der Waals surface area contributed by atoms with Crippen molar-refractivity contribution in [2.75, 3.05) is 0 Å². The molecule has 0 unspecified atom stereocenters. The summed E-state index contributed by atoms with van der Waals surface area (Å²) >= 11 is 14.1. The van der Waals surface area contributed by atoms with Gasteiger partial charge in [0.1, 0.15) is 11.2 Å². The molecule has 5 heteroatoms. The molecule has 2 aromatic carbocycles. The van der Waals surface area contributed by atoms with E-state index in [-0.39, 0.29) is 0 Å². The van der Waals surface area contributed by atoms with E-state index < -0.39 is 0 Å². The van der Waals surface area contributed by atoms with Gasteiger partial charge in [0.05, 0.1) is 0 Å². The van der Waals surface area contributed by atoms with Crippen LogP contribution in [0.25, 0.3) is 21.9 Å². The topological polar surface area (TPSA) is 13.1 Å². The highest BCUT2D eigenvalue weighted by atomic mass is 79.9. The third kappa shape index (κ3) is 1.91. The van der Waals surface area contributed by atoms with Crippen LogP contribution < -0.4 is 0 Å². The normalized spacial score (nSPS) is 11.5. The zero-order valence-electron chi connectivity index (χ0n) is 8.23. The van der Waals surface area contributed by atoms with Gasteiger partial charge in [0.15, 0.2) is 0 Å². The average molecular weight is 484 g/mol. The van der Waals surface area contributed by atoms with Crippen LogP contribution in [0.3, 0.4) is 0 Å². The number of hydrogen-bond donors (Lipinski definition) is 0. The van der Waals surface area contributed by atoms with Gasteiger partial charge in [-0.1, -0.05) is 0 Å². The lowest BCUT2D eigenvalue weighted by molar-refractivity contribution is 0.668. The number of benzene rings is 2. The summed E-state index contributed by atoms with van der Waals surface area (Å²) in [4.78, 5) is 0. The second kappa shape index (κ2) is 4.37. The highest BCUT2D eigenvalue weighted by Gasteiger charge is 2.13. The van der Waals surface area contributed by atoms with E-state index in [9.17, 15) is 0 Å². The van der Waals surface area contributed by atoms with Crippen LogP contribution in [0.1, 0.15) is 0 Å². The molecule has 0 aliphatic carbocycles. The highest BCUT2D eigenvalue weighted by Crippen LogP contribution is 2.40. The molecule has 3 rings (SSSR count). The third-order valence-corrected chi connectivity index (χ3v) is 6.43. The monoisotopic (exact) mass is 480 g/mol. The van der Waals surface area contributed by atoms with Crippen molar-refractivity contribution < 1.29 is 4.42 Å². The average Bonchev–Trinajstić information content (AvgIpc) is 2.63. The SMILES string of the molecule is Brc1cc2oc3ccc(Br)c(Br)c3c2cc1Br. The van der Waals surface area contributed by atoms with E-state index >= 15 is 0 Å². The summed E-state index contributed by atoms with van der Waals surface area (Å²) in [7, 11) is 0. The van der Waals surface area contributed by atoms with Crippen molar-refractivity contribution in [2.45, 2.75) is 0 Å². The molecule has 0 saturated heterocycles. The number of furan rings is 1. The Balaban J connectivity index is 2.58. The van der Waals surface area contributed by atoms with Crippen molar-refractivity contribution >= 4 is 85.7 Å². The first-order chi connectivity index (χ1) is 8.08. The zero-order chi connectivity index (χ0) is 12.2. The van der Waals surface area contributed by atoms with E-state index in [1.165, 1.54) is 0 Å². The number of halogens is 4. The predicted molar refractivity (Wildman–Crippen MR) is 84.5 cm³/mol. The maximum atomic E-state index is 5.82. The van der Waals surface area contributed by atoms with Gasteiger partial charge in [-0.3, -0.25) is 0 Å². The Hall–Kier alpha value is 0.160. The highest BCUT2D eigenvalue weighted by molar-refractivity contribution is 9.13. The van der Waals surface area contributed by atoms with Crippen LogP contribution in [0.15, 0.2) is 46.6 Å². The van der Waals surface area contributed by atoms with E-state index in [0.717, 1.165) is 39.8 Å². The molecule has 3 aromatic rings. The standard InChI is InChI=1S/C12H4Br4O/c13-6-1-2-9-11(12(6)16)5-3-7(14)8(15)4-10(5)17-9/h1-4H. The molecule has 17 heavy (non-hydrogen) atoms. The molecule has 0 spiro atoms. The fourth-order valence-corrected chi connectivity index (χ4v) is 3.33. The summed E-state index contributed by atoms with van der Waals surface area (Å²) in [6.45, 7) is 0. The Labute approximate surface area is 131 Å². The van der Waals surface area contributed by atoms with Gasteiger partial charge in [-0.05, 0) is 88.0 Å². The molecule has 0 atom stereocenters. The maximum absolute atomic E-state index is 5.82. The molecular weight excluding hydrogens is 480 g/mol. The molecule has 0 radical (unpaired) electrons. The van der Waals surface area contributed by atoms with E-state index in [4.69, 9.17) is 4.42 Å². The van der Waals surface area contributed by atoms with Crippen LogP contribution in [-0.4, -0.2) is 0 Å². The minimum absolute atomic E-state index is 0.869. The Morgan fingerprint density at radius 1 is 0.765 bits per heavy atom. The molecule has 0 aliphatic rings. The molecule has 0 aliphatic heterocycles. The lowest BCUT2D eigenvalue weighted by Crippen LogP contribution is -1.73. The van der Waals surface area contributed by atoms with Crippen molar-refractivity contribution in [2.24, 2.45) is 0 Å². The Morgan fingerprint density at radius 3 is 2.24 bits per heavy atom. The van der Waals surface area contributed by atoms with Gasteiger partial charge < -0.3 is 4.42 Å². The quantitative estimate of drug-likeness (QED) is 0.349.